The fourth-order valence-corrected chi connectivity index (χ4v) is 14.3. The molecule has 3 nitrogen and oxygen atoms in total. The Hall–Kier alpha value is -8.92. The molecule has 0 aliphatic heterocycles. The van der Waals surface area contributed by atoms with E-state index in [4.69, 9.17) is 4.74 Å². The average molecular weight is 1120 g/mol. The molecule has 1 aromatic heterocycles. The molecule has 4 unspecified atom stereocenters. The van der Waals surface area contributed by atoms with Crippen LogP contribution in [0.25, 0.3) is 63.2 Å². The highest BCUT2D eigenvalue weighted by Crippen LogP contribution is 2.57. The fourth-order valence-electron chi connectivity index (χ4n) is 14.3. The van der Waals surface area contributed by atoms with Gasteiger partial charge in [0.2, 0.25) is 0 Å². The Balaban J connectivity index is 0.883. The number of para-hydroxylation sites is 1. The van der Waals surface area contributed by atoms with Crippen LogP contribution in [-0.4, -0.2) is 11.2 Å². The summed E-state index contributed by atoms with van der Waals surface area (Å²) < 4.78 is 8.80. The minimum absolute atomic E-state index is 0.108. The maximum atomic E-state index is 6.33. The first-order chi connectivity index (χ1) is 41.9. The fraction of sp³-hybridized carbons (Fsp3) is 0.229. The molecular formula is C83H80N2O. The van der Waals surface area contributed by atoms with E-state index in [9.17, 15) is 0 Å². The Morgan fingerprint density at radius 2 is 1.22 bits per heavy atom. The van der Waals surface area contributed by atoms with Gasteiger partial charge in [0.25, 0.3) is 0 Å². The summed E-state index contributed by atoms with van der Waals surface area (Å²) in [5.41, 5.74) is 23.3. The lowest BCUT2D eigenvalue weighted by Crippen LogP contribution is -2.31. The van der Waals surface area contributed by atoms with E-state index in [-0.39, 0.29) is 10.8 Å². The van der Waals surface area contributed by atoms with Gasteiger partial charge in [0.15, 0.2) is 0 Å². The lowest BCUT2D eigenvalue weighted by Gasteiger charge is -2.37. The molecule has 4 aliphatic carbocycles. The number of hydrogen-bond acceptors (Lipinski definition) is 2. The van der Waals surface area contributed by atoms with Crippen molar-refractivity contribution < 1.29 is 4.74 Å². The van der Waals surface area contributed by atoms with Gasteiger partial charge in [-0.25, -0.2) is 0 Å². The normalized spacial score (nSPS) is 17.7. The summed E-state index contributed by atoms with van der Waals surface area (Å²) in [6.07, 6.45) is 26.4. The number of nitrogens with zero attached hydrogens (tertiary/aromatic N) is 2. The van der Waals surface area contributed by atoms with Crippen molar-refractivity contribution >= 4 is 52.0 Å². The Labute approximate surface area is 510 Å². The van der Waals surface area contributed by atoms with E-state index in [1.54, 1.807) is 0 Å². The molecule has 4 aliphatic rings. The van der Waals surface area contributed by atoms with Gasteiger partial charge >= 0.3 is 0 Å². The zero-order chi connectivity index (χ0) is 58.9. The predicted octanol–water partition coefficient (Wildman–Crippen LogP) is 20.1. The molecule has 0 N–H and O–H groups in total. The quantitative estimate of drug-likeness (QED) is 0.0852. The summed E-state index contributed by atoms with van der Waals surface area (Å²) in [5.74, 6) is 2.06. The molecule has 0 bridgehead atoms. The zero-order valence-electron chi connectivity index (χ0n) is 50.9. The monoisotopic (exact) mass is 1120 g/mol. The molecule has 13 rings (SSSR count). The smallest absolute Gasteiger partial charge is 0.119 e. The number of ether oxygens (including phenoxy) is 1. The van der Waals surface area contributed by atoms with E-state index in [0.29, 0.717) is 24.4 Å². The van der Waals surface area contributed by atoms with Gasteiger partial charge in [-0.3, -0.25) is 0 Å². The summed E-state index contributed by atoms with van der Waals surface area (Å²) in [6.45, 7) is 20.3. The van der Waals surface area contributed by atoms with Crippen LogP contribution in [0.4, 0.5) is 5.69 Å². The topological polar surface area (TPSA) is 17.4 Å². The minimum Gasteiger partial charge on any atom is -0.493 e. The van der Waals surface area contributed by atoms with Crippen molar-refractivity contribution in [3.05, 3.63) is 304 Å². The highest BCUT2D eigenvalue weighted by Gasteiger charge is 2.46. The molecule has 4 atom stereocenters. The second-order valence-electron chi connectivity index (χ2n) is 25.8. The standard InChI is InChI=1S/C83H80N2O/c1-8-59-26-30-63(31-27-59)65-38-50-80-76(52-65)77-53-66(39-51-81(77)85(80)69-20-14-11-15-21-69)64-36-44-71(45-37-64)84(70-42-34-62(35-43-70)61-32-40-67(41-33-61)82(5,6)7)72-46-49-75-74-22-16-17-23-78(74)83(79(75)54-72,68-18-12-10-13-19-68)55-57(3)24-25-58(4)56-86-73-47-28-60(9-2)29-48-73/h8-23,26-34,36,39-42,44,46-54,57-58,65H,1-2,24-25,35,37-38,43,45,55-56H2,3-7H3. The van der Waals surface area contributed by atoms with Crippen LogP contribution in [0.5, 0.6) is 5.75 Å². The van der Waals surface area contributed by atoms with Crippen LogP contribution in [0.2, 0.25) is 0 Å². The molecule has 0 fully saturated rings. The predicted molar refractivity (Wildman–Crippen MR) is 366 cm³/mol. The van der Waals surface area contributed by atoms with Crippen molar-refractivity contribution in [3.63, 3.8) is 0 Å². The molecule has 1 heterocycles. The average Bonchev–Trinajstić information content (AvgIpc) is 1.64. The zero-order valence-corrected chi connectivity index (χ0v) is 50.9. The Morgan fingerprint density at radius 3 is 1.88 bits per heavy atom. The number of rotatable bonds is 18. The molecule has 3 heteroatoms. The van der Waals surface area contributed by atoms with Gasteiger partial charge in [-0.2, -0.15) is 0 Å². The summed E-state index contributed by atoms with van der Waals surface area (Å²) >= 11 is 0. The lowest BCUT2D eigenvalue weighted by atomic mass is 9.67. The van der Waals surface area contributed by atoms with Crippen molar-refractivity contribution in [2.75, 3.05) is 11.5 Å². The van der Waals surface area contributed by atoms with Gasteiger partial charge in [0.1, 0.15) is 5.75 Å². The first-order valence-electron chi connectivity index (χ1n) is 31.5. The summed E-state index contributed by atoms with van der Waals surface area (Å²) in [4.78, 5) is 2.64. The van der Waals surface area contributed by atoms with Crippen LogP contribution in [0.15, 0.2) is 243 Å². The van der Waals surface area contributed by atoms with Crippen molar-refractivity contribution in [1.82, 2.24) is 4.57 Å². The SMILES string of the molecule is C=Cc1ccc(OCC(C)CCC(C)CC2(c3ccccc3)c3ccccc3-c3ccc(N(C4=CC=C(c5ccc(C(C)(C)C)cc5)CC4)C4=CC=C(c5ccc6c(c5)c5c(n6-c6ccccc6)=CCC(c6ccc(C=C)cc6)C=5)CC4)cc32)cc1. The van der Waals surface area contributed by atoms with Crippen molar-refractivity contribution in [3.8, 4) is 22.6 Å². The minimum atomic E-state index is -0.342. The molecular weight excluding hydrogens is 1040 g/mol. The van der Waals surface area contributed by atoms with Crippen LogP contribution >= 0.6 is 0 Å². The molecule has 0 amide bonds. The lowest BCUT2D eigenvalue weighted by molar-refractivity contribution is 0.240. The van der Waals surface area contributed by atoms with Crippen molar-refractivity contribution in [2.45, 2.75) is 103 Å². The van der Waals surface area contributed by atoms with E-state index in [0.717, 1.165) is 68.2 Å². The maximum absolute atomic E-state index is 6.33. The number of hydrogen-bond donors (Lipinski definition) is 0. The Kier molecular flexibility index (Phi) is 15.6. The highest BCUT2D eigenvalue weighted by molar-refractivity contribution is 5.90. The van der Waals surface area contributed by atoms with Gasteiger partial charge in [-0.05, 0) is 195 Å². The third-order valence-corrected chi connectivity index (χ3v) is 19.0. The van der Waals surface area contributed by atoms with E-state index < -0.39 is 0 Å². The Bertz CT molecular complexity index is 4260. The van der Waals surface area contributed by atoms with Crippen LogP contribution in [0.1, 0.15) is 142 Å². The highest BCUT2D eigenvalue weighted by atomic mass is 16.5. The second kappa shape index (κ2) is 23.9. The van der Waals surface area contributed by atoms with E-state index in [1.165, 1.54) is 105 Å². The first kappa shape index (κ1) is 56.2. The summed E-state index contributed by atoms with van der Waals surface area (Å²) in [7, 11) is 0. The van der Waals surface area contributed by atoms with Crippen molar-refractivity contribution in [2.24, 2.45) is 11.8 Å². The van der Waals surface area contributed by atoms with Gasteiger partial charge in [0, 0.05) is 50.1 Å². The van der Waals surface area contributed by atoms with E-state index >= 15 is 0 Å². The summed E-state index contributed by atoms with van der Waals surface area (Å²) in [6, 6.07) is 72.8. The third kappa shape index (κ3) is 10.9. The molecule has 0 saturated carbocycles. The molecule has 428 valence electrons. The van der Waals surface area contributed by atoms with Gasteiger partial charge in [-0.1, -0.05) is 236 Å². The van der Waals surface area contributed by atoms with Gasteiger partial charge in [-0.15, -0.1) is 0 Å². The first-order valence-corrected chi connectivity index (χ1v) is 31.5. The van der Waals surface area contributed by atoms with Crippen molar-refractivity contribution in [1.29, 1.82) is 0 Å². The third-order valence-electron chi connectivity index (χ3n) is 19.0. The number of allylic oxidation sites excluding steroid dienone is 8. The maximum Gasteiger partial charge on any atom is 0.119 e. The van der Waals surface area contributed by atoms with Gasteiger partial charge < -0.3 is 14.2 Å². The number of fused-ring (bicyclic) bond motifs is 6. The van der Waals surface area contributed by atoms with E-state index in [1.807, 2.05) is 12.2 Å². The summed E-state index contributed by atoms with van der Waals surface area (Å²) in [5, 5.41) is 3.90. The molecule has 0 radical (unpaired) electrons. The van der Waals surface area contributed by atoms with Gasteiger partial charge in [0.05, 0.1) is 12.1 Å². The van der Waals surface area contributed by atoms with Crippen LogP contribution in [0, 0.1) is 11.8 Å². The molecule has 8 aromatic carbocycles. The molecule has 0 spiro atoms. The largest absolute Gasteiger partial charge is 0.493 e. The van der Waals surface area contributed by atoms with E-state index in [2.05, 4.69) is 288 Å². The second-order valence-corrected chi connectivity index (χ2v) is 25.8. The molecule has 86 heavy (non-hydrogen) atoms. The Morgan fingerprint density at radius 1 is 0.605 bits per heavy atom. The van der Waals surface area contributed by atoms with Crippen LogP contribution in [-0.2, 0) is 10.8 Å². The molecule has 0 saturated heterocycles. The molecule has 9 aromatic rings. The number of aromatic nitrogens is 1. The number of benzene rings is 8. The van der Waals surface area contributed by atoms with Crippen LogP contribution in [0.3, 0.4) is 0 Å². The number of anilines is 1. The van der Waals surface area contributed by atoms with Crippen LogP contribution < -0.4 is 20.2 Å².